The third-order valence-electron chi connectivity index (χ3n) is 5.29. The molecule has 0 aliphatic rings. The molecule has 172 valence electrons. The van der Waals surface area contributed by atoms with Crippen LogP contribution in [0.4, 0.5) is 5.69 Å². The van der Waals surface area contributed by atoms with Crippen LogP contribution in [0.15, 0.2) is 84.0 Å². The first-order valence-electron chi connectivity index (χ1n) is 10.9. The van der Waals surface area contributed by atoms with Gasteiger partial charge in [0.1, 0.15) is 18.1 Å². The monoisotopic (exact) mass is 453 g/mol. The Balaban J connectivity index is 1.32. The van der Waals surface area contributed by atoms with Crippen LogP contribution in [0.5, 0.6) is 5.75 Å². The second-order valence-corrected chi connectivity index (χ2v) is 8.15. The van der Waals surface area contributed by atoms with Gasteiger partial charge in [0, 0.05) is 25.3 Å². The van der Waals surface area contributed by atoms with Crippen LogP contribution in [0.2, 0.25) is 0 Å². The maximum atomic E-state index is 12.4. The first-order chi connectivity index (χ1) is 16.5. The summed E-state index contributed by atoms with van der Waals surface area (Å²) >= 11 is 0. The maximum Gasteiger partial charge on any atom is 0.289 e. The Labute approximate surface area is 199 Å². The van der Waals surface area contributed by atoms with Crippen LogP contribution in [-0.4, -0.2) is 36.4 Å². The fraction of sp³-hybridized carbons (Fsp3) is 0.148. The first-order valence-corrected chi connectivity index (χ1v) is 10.9. The lowest BCUT2D eigenvalue weighted by molar-refractivity contribution is 0.0950. The van der Waals surface area contributed by atoms with Crippen molar-refractivity contribution >= 4 is 17.8 Å². The Morgan fingerprint density at radius 3 is 2.41 bits per heavy atom. The zero-order chi connectivity index (χ0) is 23.9. The predicted octanol–water partition coefficient (Wildman–Crippen LogP) is 4.79. The molecule has 7 nitrogen and oxygen atoms in total. The Bertz CT molecular complexity index is 1260. The van der Waals surface area contributed by atoms with Gasteiger partial charge in [0.25, 0.3) is 5.91 Å². The maximum absolute atomic E-state index is 12.4. The minimum atomic E-state index is -0.363. The second-order valence-electron chi connectivity index (χ2n) is 8.15. The second kappa shape index (κ2) is 10.5. The lowest BCUT2D eigenvalue weighted by atomic mass is 10.1. The molecule has 0 radical (unpaired) electrons. The molecular weight excluding hydrogens is 426 g/mol. The molecule has 0 aliphatic heterocycles. The summed E-state index contributed by atoms with van der Waals surface area (Å²) in [4.78, 5) is 14.4. The van der Waals surface area contributed by atoms with Crippen LogP contribution < -0.4 is 15.1 Å². The number of anilines is 1. The molecule has 0 aliphatic carbocycles. The molecule has 34 heavy (non-hydrogen) atoms. The SMILES string of the molecule is Cc1ccc(COc2ccc(-c3cc(C(=O)NN=Cc4ccc(N(C)C)cc4)[nH]n3)cc2)cc1. The molecule has 1 amide bonds. The lowest BCUT2D eigenvalue weighted by Crippen LogP contribution is -2.18. The highest BCUT2D eigenvalue weighted by Crippen LogP contribution is 2.22. The van der Waals surface area contributed by atoms with Crippen LogP contribution in [-0.2, 0) is 6.61 Å². The summed E-state index contributed by atoms with van der Waals surface area (Å²) in [5.41, 5.74) is 8.72. The molecule has 0 atom stereocenters. The standard InChI is InChI=1S/C27H27N5O2/c1-19-4-6-21(7-5-19)18-34-24-14-10-22(11-15-24)25-16-26(30-29-25)27(33)31-28-17-20-8-12-23(13-9-20)32(2)3/h4-17H,18H2,1-3H3,(H,29,30)(H,31,33). The molecule has 4 aromatic rings. The Morgan fingerprint density at radius 1 is 1.03 bits per heavy atom. The normalized spacial score (nSPS) is 10.9. The number of carbonyl (C=O) groups excluding carboxylic acids is 1. The van der Waals surface area contributed by atoms with Crippen molar-refractivity contribution in [2.75, 3.05) is 19.0 Å². The minimum Gasteiger partial charge on any atom is -0.489 e. The van der Waals surface area contributed by atoms with Crippen molar-refractivity contribution in [3.63, 3.8) is 0 Å². The average molecular weight is 454 g/mol. The van der Waals surface area contributed by atoms with Crippen molar-refractivity contribution in [2.45, 2.75) is 13.5 Å². The number of benzene rings is 3. The fourth-order valence-electron chi connectivity index (χ4n) is 3.24. The summed E-state index contributed by atoms with van der Waals surface area (Å²) < 4.78 is 5.85. The van der Waals surface area contributed by atoms with Crippen molar-refractivity contribution in [2.24, 2.45) is 5.10 Å². The topological polar surface area (TPSA) is 82.6 Å². The number of hydrogen-bond donors (Lipinski definition) is 2. The van der Waals surface area contributed by atoms with Crippen molar-refractivity contribution in [3.05, 3.63) is 101 Å². The third-order valence-corrected chi connectivity index (χ3v) is 5.29. The van der Waals surface area contributed by atoms with Gasteiger partial charge in [-0.3, -0.25) is 9.89 Å². The summed E-state index contributed by atoms with van der Waals surface area (Å²) in [6.45, 7) is 2.57. The van der Waals surface area contributed by atoms with Gasteiger partial charge in [-0.15, -0.1) is 0 Å². The van der Waals surface area contributed by atoms with E-state index in [4.69, 9.17) is 4.74 Å². The number of carbonyl (C=O) groups is 1. The summed E-state index contributed by atoms with van der Waals surface area (Å²) in [5, 5.41) is 11.0. The van der Waals surface area contributed by atoms with E-state index in [1.807, 2.05) is 67.5 Å². The van der Waals surface area contributed by atoms with E-state index in [1.165, 1.54) is 5.56 Å². The van der Waals surface area contributed by atoms with E-state index in [2.05, 4.69) is 51.9 Å². The fourth-order valence-corrected chi connectivity index (χ4v) is 3.24. The van der Waals surface area contributed by atoms with E-state index in [0.29, 0.717) is 18.0 Å². The van der Waals surface area contributed by atoms with Gasteiger partial charge in [0.05, 0.1) is 11.9 Å². The van der Waals surface area contributed by atoms with Gasteiger partial charge in [-0.05, 0) is 60.5 Å². The Hall–Kier alpha value is -4.39. The molecule has 0 saturated heterocycles. The number of aryl methyl sites for hydroxylation is 1. The van der Waals surface area contributed by atoms with E-state index in [9.17, 15) is 4.79 Å². The minimum absolute atomic E-state index is 0.329. The molecule has 0 unspecified atom stereocenters. The number of ether oxygens (including phenoxy) is 1. The number of aromatic nitrogens is 2. The number of hydrogen-bond acceptors (Lipinski definition) is 5. The van der Waals surface area contributed by atoms with Gasteiger partial charge < -0.3 is 9.64 Å². The van der Waals surface area contributed by atoms with Crippen LogP contribution in [0.3, 0.4) is 0 Å². The van der Waals surface area contributed by atoms with E-state index >= 15 is 0 Å². The summed E-state index contributed by atoms with van der Waals surface area (Å²) in [5.74, 6) is 0.406. The molecule has 1 aromatic heterocycles. The first kappa shape index (κ1) is 22.8. The van der Waals surface area contributed by atoms with Crippen molar-refractivity contribution in [3.8, 4) is 17.0 Å². The molecule has 1 heterocycles. The molecule has 0 bridgehead atoms. The van der Waals surface area contributed by atoms with Gasteiger partial charge in [0.15, 0.2) is 0 Å². The van der Waals surface area contributed by atoms with Gasteiger partial charge in [-0.25, -0.2) is 5.43 Å². The molecule has 2 N–H and O–H groups in total. The predicted molar refractivity (Wildman–Crippen MR) is 135 cm³/mol. The molecule has 4 rings (SSSR count). The highest BCUT2D eigenvalue weighted by molar-refractivity contribution is 5.94. The molecule has 3 aromatic carbocycles. The van der Waals surface area contributed by atoms with Crippen LogP contribution in [0.25, 0.3) is 11.3 Å². The number of hydrazone groups is 1. The summed E-state index contributed by atoms with van der Waals surface area (Å²) in [6, 6.07) is 25.4. The largest absolute Gasteiger partial charge is 0.489 e. The molecule has 7 heteroatoms. The van der Waals surface area contributed by atoms with Gasteiger partial charge >= 0.3 is 0 Å². The lowest BCUT2D eigenvalue weighted by Gasteiger charge is -2.11. The highest BCUT2D eigenvalue weighted by Gasteiger charge is 2.10. The van der Waals surface area contributed by atoms with E-state index in [1.54, 1.807) is 12.3 Å². The molecule has 0 spiro atoms. The Morgan fingerprint density at radius 2 is 1.74 bits per heavy atom. The number of amides is 1. The van der Waals surface area contributed by atoms with E-state index in [-0.39, 0.29) is 5.91 Å². The van der Waals surface area contributed by atoms with E-state index < -0.39 is 0 Å². The zero-order valence-corrected chi connectivity index (χ0v) is 19.4. The van der Waals surface area contributed by atoms with E-state index in [0.717, 1.165) is 28.1 Å². The van der Waals surface area contributed by atoms with Crippen LogP contribution >= 0.6 is 0 Å². The number of nitrogens with zero attached hydrogens (tertiary/aromatic N) is 3. The molecule has 0 fully saturated rings. The van der Waals surface area contributed by atoms with Crippen LogP contribution in [0, 0.1) is 6.92 Å². The van der Waals surface area contributed by atoms with Crippen molar-refractivity contribution in [1.82, 2.24) is 15.6 Å². The number of H-pyrrole nitrogens is 1. The number of nitrogens with one attached hydrogen (secondary N) is 2. The smallest absolute Gasteiger partial charge is 0.289 e. The number of rotatable bonds is 8. The number of aromatic amines is 1. The Kier molecular flexibility index (Phi) is 7.03. The van der Waals surface area contributed by atoms with Crippen molar-refractivity contribution < 1.29 is 9.53 Å². The average Bonchev–Trinajstić information content (AvgIpc) is 3.35. The van der Waals surface area contributed by atoms with Gasteiger partial charge in [-0.2, -0.15) is 10.2 Å². The quantitative estimate of drug-likeness (QED) is 0.297. The molecule has 0 saturated carbocycles. The van der Waals surface area contributed by atoms with Gasteiger partial charge in [-0.1, -0.05) is 42.0 Å². The highest BCUT2D eigenvalue weighted by atomic mass is 16.5. The van der Waals surface area contributed by atoms with Gasteiger partial charge in [0.2, 0.25) is 0 Å². The summed E-state index contributed by atoms with van der Waals surface area (Å²) in [7, 11) is 3.97. The van der Waals surface area contributed by atoms with Crippen molar-refractivity contribution in [1.29, 1.82) is 0 Å². The third kappa shape index (κ3) is 5.89. The molecular formula is C27H27N5O2. The summed E-state index contributed by atoms with van der Waals surface area (Å²) in [6.07, 6.45) is 1.60. The van der Waals surface area contributed by atoms with Crippen LogP contribution in [0.1, 0.15) is 27.2 Å². The zero-order valence-electron chi connectivity index (χ0n) is 19.4.